The standard InChI is InChI=1S/C18H14N4OS/c1-23-13-9-5-8-12(10-13)16-21-15(19)14-18(22-16)24-17(20-14)11-6-3-2-4-7-11/h2-10H,1H3,(H2,19,21,22). The van der Waals surface area contributed by atoms with Crippen molar-refractivity contribution in [2.45, 2.75) is 0 Å². The highest BCUT2D eigenvalue weighted by atomic mass is 32.1. The monoisotopic (exact) mass is 334 g/mol. The van der Waals surface area contributed by atoms with Gasteiger partial charge in [0.05, 0.1) is 7.11 Å². The van der Waals surface area contributed by atoms with Crippen molar-refractivity contribution in [1.29, 1.82) is 0 Å². The van der Waals surface area contributed by atoms with Gasteiger partial charge in [-0.15, -0.1) is 0 Å². The summed E-state index contributed by atoms with van der Waals surface area (Å²) in [5.74, 6) is 1.71. The Hall–Kier alpha value is -2.99. The fraction of sp³-hybridized carbons (Fsp3) is 0.0556. The zero-order valence-corrected chi connectivity index (χ0v) is 13.7. The van der Waals surface area contributed by atoms with Crippen molar-refractivity contribution in [3.8, 4) is 27.7 Å². The van der Waals surface area contributed by atoms with Crippen LogP contribution < -0.4 is 10.5 Å². The molecule has 2 N–H and O–H groups in total. The first kappa shape index (κ1) is 14.6. The molecule has 0 radical (unpaired) electrons. The number of ether oxygens (including phenoxy) is 1. The van der Waals surface area contributed by atoms with E-state index in [4.69, 9.17) is 10.5 Å². The molecule has 118 valence electrons. The normalized spacial score (nSPS) is 10.9. The molecule has 6 heteroatoms. The summed E-state index contributed by atoms with van der Waals surface area (Å²) in [5.41, 5.74) is 8.67. The van der Waals surface area contributed by atoms with Gasteiger partial charge in [-0.2, -0.15) is 0 Å². The summed E-state index contributed by atoms with van der Waals surface area (Å²) in [6, 6.07) is 17.6. The van der Waals surface area contributed by atoms with Crippen molar-refractivity contribution in [3.05, 3.63) is 54.6 Å². The van der Waals surface area contributed by atoms with Gasteiger partial charge < -0.3 is 10.5 Å². The molecule has 4 aromatic rings. The molecule has 0 fully saturated rings. The topological polar surface area (TPSA) is 73.9 Å². The Bertz CT molecular complexity index is 1010. The van der Waals surface area contributed by atoms with Crippen molar-refractivity contribution in [1.82, 2.24) is 15.0 Å². The van der Waals surface area contributed by atoms with Crippen LogP contribution in [0, 0.1) is 0 Å². The Labute approximate surface area is 142 Å². The van der Waals surface area contributed by atoms with E-state index in [0.29, 0.717) is 17.2 Å². The highest BCUT2D eigenvalue weighted by Gasteiger charge is 2.14. The molecule has 0 atom stereocenters. The number of hydrogen-bond acceptors (Lipinski definition) is 6. The van der Waals surface area contributed by atoms with E-state index in [0.717, 1.165) is 26.7 Å². The third-order valence-corrected chi connectivity index (χ3v) is 4.63. The molecule has 0 aliphatic rings. The van der Waals surface area contributed by atoms with E-state index in [1.165, 1.54) is 11.3 Å². The summed E-state index contributed by atoms with van der Waals surface area (Å²) in [6.07, 6.45) is 0. The second-order valence-electron chi connectivity index (χ2n) is 5.20. The zero-order valence-electron chi connectivity index (χ0n) is 12.9. The number of aromatic nitrogens is 3. The maximum Gasteiger partial charge on any atom is 0.163 e. The van der Waals surface area contributed by atoms with E-state index < -0.39 is 0 Å². The van der Waals surface area contributed by atoms with Crippen LogP contribution in [-0.2, 0) is 0 Å². The van der Waals surface area contributed by atoms with Crippen LogP contribution in [0.4, 0.5) is 5.82 Å². The molecular formula is C18H14N4OS. The minimum atomic E-state index is 0.385. The summed E-state index contributed by atoms with van der Waals surface area (Å²) in [4.78, 5) is 14.4. The fourth-order valence-electron chi connectivity index (χ4n) is 2.44. The SMILES string of the molecule is COc1cccc(-c2nc(N)c3nc(-c4ccccc4)sc3n2)c1. The number of hydrogen-bond donors (Lipinski definition) is 1. The average molecular weight is 334 g/mol. The number of rotatable bonds is 3. The van der Waals surface area contributed by atoms with Crippen molar-refractivity contribution >= 4 is 27.5 Å². The predicted octanol–water partition coefficient (Wildman–Crippen LogP) is 4.01. The molecule has 2 aromatic carbocycles. The fourth-order valence-corrected chi connectivity index (χ4v) is 3.39. The minimum absolute atomic E-state index is 0.385. The van der Waals surface area contributed by atoms with E-state index in [1.807, 2.05) is 54.6 Å². The van der Waals surface area contributed by atoms with Gasteiger partial charge in [-0.25, -0.2) is 15.0 Å². The van der Waals surface area contributed by atoms with Crippen molar-refractivity contribution in [2.75, 3.05) is 12.8 Å². The summed E-state index contributed by atoms with van der Waals surface area (Å²) in [5, 5.41) is 0.884. The van der Waals surface area contributed by atoms with Crippen molar-refractivity contribution < 1.29 is 4.74 Å². The molecule has 0 bridgehead atoms. The first-order chi connectivity index (χ1) is 11.7. The highest BCUT2D eigenvalue weighted by molar-refractivity contribution is 7.21. The largest absolute Gasteiger partial charge is 0.497 e. The number of methoxy groups -OCH3 is 1. The van der Waals surface area contributed by atoms with Crippen LogP contribution >= 0.6 is 11.3 Å². The van der Waals surface area contributed by atoms with Gasteiger partial charge in [-0.3, -0.25) is 0 Å². The lowest BCUT2D eigenvalue weighted by atomic mass is 10.2. The van der Waals surface area contributed by atoms with Gasteiger partial charge >= 0.3 is 0 Å². The van der Waals surface area contributed by atoms with Crippen molar-refractivity contribution in [3.63, 3.8) is 0 Å². The summed E-state index contributed by atoms with van der Waals surface area (Å²) >= 11 is 1.51. The Kier molecular flexibility index (Phi) is 3.59. The van der Waals surface area contributed by atoms with Gasteiger partial charge in [0.2, 0.25) is 0 Å². The maximum absolute atomic E-state index is 6.12. The zero-order chi connectivity index (χ0) is 16.5. The number of nitrogens with zero attached hydrogens (tertiary/aromatic N) is 3. The lowest BCUT2D eigenvalue weighted by molar-refractivity contribution is 0.415. The molecule has 0 aliphatic heterocycles. The van der Waals surface area contributed by atoms with Crippen LogP contribution in [0.5, 0.6) is 5.75 Å². The molecule has 0 saturated heterocycles. The Morgan fingerprint density at radius 3 is 2.50 bits per heavy atom. The van der Waals surface area contributed by atoms with E-state index in [1.54, 1.807) is 7.11 Å². The number of benzene rings is 2. The molecule has 2 aromatic heterocycles. The molecule has 5 nitrogen and oxygen atoms in total. The second-order valence-corrected chi connectivity index (χ2v) is 6.18. The van der Waals surface area contributed by atoms with Crippen molar-refractivity contribution in [2.24, 2.45) is 0 Å². The van der Waals surface area contributed by atoms with Crippen LogP contribution in [0.2, 0.25) is 0 Å². The lowest BCUT2D eigenvalue weighted by Crippen LogP contribution is -1.97. The molecular weight excluding hydrogens is 320 g/mol. The van der Waals surface area contributed by atoms with Crippen LogP contribution in [0.15, 0.2) is 54.6 Å². The van der Waals surface area contributed by atoms with Crippen LogP contribution in [0.25, 0.3) is 32.3 Å². The molecule has 0 aliphatic carbocycles. The summed E-state index contributed by atoms with van der Waals surface area (Å²) in [7, 11) is 1.63. The number of fused-ring (bicyclic) bond motifs is 1. The molecule has 0 saturated carbocycles. The second kappa shape index (κ2) is 5.90. The summed E-state index contributed by atoms with van der Waals surface area (Å²) < 4.78 is 5.26. The van der Waals surface area contributed by atoms with Crippen LogP contribution in [0.1, 0.15) is 0 Å². The number of nitrogens with two attached hydrogens (primary N) is 1. The van der Waals surface area contributed by atoms with E-state index in [-0.39, 0.29) is 0 Å². The van der Waals surface area contributed by atoms with Gasteiger partial charge in [-0.1, -0.05) is 53.8 Å². The minimum Gasteiger partial charge on any atom is -0.497 e. The van der Waals surface area contributed by atoms with E-state index in [9.17, 15) is 0 Å². The highest BCUT2D eigenvalue weighted by Crippen LogP contribution is 2.32. The molecule has 0 spiro atoms. The number of thiazole rings is 1. The smallest absolute Gasteiger partial charge is 0.163 e. The Morgan fingerprint density at radius 1 is 0.917 bits per heavy atom. The quantitative estimate of drug-likeness (QED) is 0.613. The average Bonchev–Trinajstić information content (AvgIpc) is 3.07. The lowest BCUT2D eigenvalue weighted by Gasteiger charge is -2.04. The van der Waals surface area contributed by atoms with Gasteiger partial charge in [0.1, 0.15) is 21.1 Å². The maximum atomic E-state index is 6.12. The molecule has 4 rings (SSSR count). The third-order valence-electron chi connectivity index (χ3n) is 3.63. The number of nitrogen functional groups attached to an aromatic ring is 1. The van der Waals surface area contributed by atoms with Gasteiger partial charge in [0.15, 0.2) is 11.6 Å². The Balaban J connectivity index is 1.85. The Morgan fingerprint density at radius 2 is 1.71 bits per heavy atom. The first-order valence-electron chi connectivity index (χ1n) is 7.38. The van der Waals surface area contributed by atoms with Crippen LogP contribution in [-0.4, -0.2) is 22.1 Å². The van der Waals surface area contributed by atoms with Crippen LogP contribution in [0.3, 0.4) is 0 Å². The first-order valence-corrected chi connectivity index (χ1v) is 8.20. The number of anilines is 1. The van der Waals surface area contributed by atoms with E-state index in [2.05, 4.69) is 15.0 Å². The molecule has 0 unspecified atom stereocenters. The third kappa shape index (κ3) is 2.57. The van der Waals surface area contributed by atoms with Gasteiger partial charge in [0, 0.05) is 11.1 Å². The molecule has 2 heterocycles. The molecule has 0 amide bonds. The van der Waals surface area contributed by atoms with E-state index >= 15 is 0 Å². The predicted molar refractivity (Wildman–Crippen MR) is 97.0 cm³/mol. The summed E-state index contributed by atoms with van der Waals surface area (Å²) in [6.45, 7) is 0. The van der Waals surface area contributed by atoms with Gasteiger partial charge in [-0.05, 0) is 12.1 Å². The van der Waals surface area contributed by atoms with Gasteiger partial charge in [0.25, 0.3) is 0 Å². The molecule has 24 heavy (non-hydrogen) atoms.